The minimum absolute atomic E-state index is 0.00818. The average Bonchev–Trinajstić information content (AvgIpc) is 3.23. The van der Waals surface area contributed by atoms with E-state index >= 15 is 0 Å². The summed E-state index contributed by atoms with van der Waals surface area (Å²) in [4.78, 5) is 0. The summed E-state index contributed by atoms with van der Waals surface area (Å²) in [6, 6.07) is 8.34. The molecular formula is C23H27BrO5. The van der Waals surface area contributed by atoms with E-state index in [4.69, 9.17) is 23.7 Å². The first kappa shape index (κ1) is 19.0. The molecule has 4 aliphatic heterocycles. The molecule has 1 aromatic carbocycles. The van der Waals surface area contributed by atoms with Crippen molar-refractivity contribution in [2.45, 2.75) is 81.1 Å². The standard InChI is InChI=1S/C23H27BrO5/c1-13-11-17(14-5-7-15(24)8-6-14)26-18-16(13)12-25-19-20(18)27-22-21(19)28-23(29-22)9-3-2-4-10-23/h5-8,16-22H,1-4,9-12H2/t16-,17+,18-,19-,20+,21+,22+/m0/s1. The van der Waals surface area contributed by atoms with E-state index in [0.717, 1.165) is 36.6 Å². The summed E-state index contributed by atoms with van der Waals surface area (Å²) in [5.74, 6) is -0.305. The third kappa shape index (κ3) is 3.15. The summed E-state index contributed by atoms with van der Waals surface area (Å²) >= 11 is 3.51. The highest BCUT2D eigenvalue weighted by atomic mass is 79.9. The Labute approximate surface area is 179 Å². The molecule has 156 valence electrons. The lowest BCUT2D eigenvalue weighted by Crippen LogP contribution is -2.55. The van der Waals surface area contributed by atoms with Crippen molar-refractivity contribution in [3.63, 3.8) is 0 Å². The van der Waals surface area contributed by atoms with Crippen LogP contribution in [0.5, 0.6) is 0 Å². The predicted octanol–water partition coefficient (Wildman–Crippen LogP) is 4.65. The molecule has 0 bridgehead atoms. The van der Waals surface area contributed by atoms with Gasteiger partial charge in [-0.15, -0.1) is 0 Å². The van der Waals surface area contributed by atoms with E-state index in [1.807, 2.05) is 0 Å². The van der Waals surface area contributed by atoms with Gasteiger partial charge in [0, 0.05) is 23.2 Å². The number of hydrogen-bond donors (Lipinski definition) is 0. The molecule has 5 nitrogen and oxygen atoms in total. The number of benzene rings is 1. The Kier molecular flexibility index (Phi) is 4.67. The van der Waals surface area contributed by atoms with Gasteiger partial charge in [0.05, 0.1) is 18.8 Å². The molecule has 0 N–H and O–H groups in total. The fourth-order valence-electron chi connectivity index (χ4n) is 5.70. The summed E-state index contributed by atoms with van der Waals surface area (Å²) < 4.78 is 33.1. The van der Waals surface area contributed by atoms with Gasteiger partial charge in [-0.3, -0.25) is 0 Å². The van der Waals surface area contributed by atoms with Crippen LogP contribution in [0.3, 0.4) is 0 Å². The van der Waals surface area contributed by atoms with Crippen LogP contribution in [0.4, 0.5) is 0 Å². The molecular weight excluding hydrogens is 436 g/mol. The molecule has 7 atom stereocenters. The molecule has 1 saturated carbocycles. The Morgan fingerprint density at radius 1 is 0.897 bits per heavy atom. The molecule has 6 heteroatoms. The Morgan fingerprint density at radius 2 is 1.69 bits per heavy atom. The van der Waals surface area contributed by atoms with Crippen molar-refractivity contribution >= 4 is 15.9 Å². The monoisotopic (exact) mass is 462 g/mol. The second kappa shape index (κ2) is 7.14. The fraction of sp³-hybridized carbons (Fsp3) is 0.652. The van der Waals surface area contributed by atoms with E-state index in [9.17, 15) is 0 Å². The minimum atomic E-state index is -0.463. The van der Waals surface area contributed by atoms with Crippen LogP contribution in [0, 0.1) is 5.92 Å². The maximum atomic E-state index is 6.61. The highest BCUT2D eigenvalue weighted by Gasteiger charge is 2.63. The van der Waals surface area contributed by atoms with Gasteiger partial charge in [-0.1, -0.05) is 46.6 Å². The fourth-order valence-corrected chi connectivity index (χ4v) is 5.96. The molecule has 0 amide bonds. The SMILES string of the molecule is C=C1C[C@H](c2ccc(Br)cc2)O[C@@H]2[C@H]3O[C@@H]4OC5(CCCCC5)O[C@@H]4[C@H]3OC[C@@H]12. The smallest absolute Gasteiger partial charge is 0.190 e. The molecule has 0 aromatic heterocycles. The lowest BCUT2D eigenvalue weighted by Gasteiger charge is -2.46. The maximum Gasteiger partial charge on any atom is 0.190 e. The van der Waals surface area contributed by atoms with E-state index in [-0.39, 0.29) is 42.7 Å². The molecule has 1 aromatic rings. The lowest BCUT2D eigenvalue weighted by atomic mass is 9.80. The number of rotatable bonds is 1. The van der Waals surface area contributed by atoms with Crippen molar-refractivity contribution in [2.24, 2.45) is 5.92 Å². The zero-order valence-corrected chi connectivity index (χ0v) is 18.0. The molecule has 4 heterocycles. The van der Waals surface area contributed by atoms with E-state index in [2.05, 4.69) is 46.8 Å². The van der Waals surface area contributed by atoms with Crippen molar-refractivity contribution in [2.75, 3.05) is 6.61 Å². The van der Waals surface area contributed by atoms with Gasteiger partial charge in [-0.05, 0) is 37.0 Å². The molecule has 6 rings (SSSR count). The summed E-state index contributed by atoms with van der Waals surface area (Å²) in [6.07, 6.45) is 5.34. The van der Waals surface area contributed by atoms with Crippen LogP contribution in [-0.4, -0.2) is 43.1 Å². The second-order valence-corrected chi connectivity index (χ2v) is 9.96. The van der Waals surface area contributed by atoms with Crippen molar-refractivity contribution < 1.29 is 23.7 Å². The quantitative estimate of drug-likeness (QED) is 0.568. The highest BCUT2D eigenvalue weighted by Crippen LogP contribution is 2.51. The highest BCUT2D eigenvalue weighted by molar-refractivity contribution is 9.10. The summed E-state index contributed by atoms with van der Waals surface area (Å²) in [5, 5.41) is 0. The Hall–Kier alpha value is -0.760. The second-order valence-electron chi connectivity index (χ2n) is 9.05. The molecule has 29 heavy (non-hydrogen) atoms. The Bertz CT molecular complexity index is 789. The summed E-state index contributed by atoms with van der Waals surface area (Å²) in [6.45, 7) is 4.97. The van der Waals surface area contributed by atoms with Gasteiger partial charge in [0.1, 0.15) is 18.3 Å². The normalized spacial score (nSPS) is 43.1. The summed E-state index contributed by atoms with van der Waals surface area (Å²) in [7, 11) is 0. The van der Waals surface area contributed by atoms with Crippen LogP contribution in [0.1, 0.15) is 50.2 Å². The van der Waals surface area contributed by atoms with Crippen molar-refractivity contribution in [1.82, 2.24) is 0 Å². The Balaban J connectivity index is 1.22. The first-order chi connectivity index (χ1) is 14.1. The van der Waals surface area contributed by atoms with Gasteiger partial charge in [-0.25, -0.2) is 0 Å². The lowest BCUT2D eigenvalue weighted by molar-refractivity contribution is -0.277. The average molecular weight is 463 g/mol. The first-order valence-corrected chi connectivity index (χ1v) is 11.6. The van der Waals surface area contributed by atoms with Crippen LogP contribution in [0.2, 0.25) is 0 Å². The number of ether oxygens (including phenoxy) is 5. The van der Waals surface area contributed by atoms with E-state index in [1.165, 1.54) is 17.6 Å². The van der Waals surface area contributed by atoms with Gasteiger partial charge < -0.3 is 23.7 Å². The van der Waals surface area contributed by atoms with Gasteiger partial charge in [-0.2, -0.15) is 0 Å². The first-order valence-electron chi connectivity index (χ1n) is 10.8. The molecule has 5 fully saturated rings. The largest absolute Gasteiger partial charge is 0.372 e. The topological polar surface area (TPSA) is 46.2 Å². The molecule has 1 spiro atoms. The third-order valence-corrected chi connectivity index (χ3v) is 7.76. The van der Waals surface area contributed by atoms with Crippen molar-refractivity contribution in [3.8, 4) is 0 Å². The predicted molar refractivity (Wildman–Crippen MR) is 109 cm³/mol. The molecule has 5 aliphatic rings. The van der Waals surface area contributed by atoms with Crippen molar-refractivity contribution in [1.29, 1.82) is 0 Å². The van der Waals surface area contributed by atoms with Crippen LogP contribution in [0.15, 0.2) is 40.9 Å². The van der Waals surface area contributed by atoms with Crippen LogP contribution >= 0.6 is 15.9 Å². The third-order valence-electron chi connectivity index (χ3n) is 7.23. The van der Waals surface area contributed by atoms with E-state index < -0.39 is 5.79 Å². The van der Waals surface area contributed by atoms with E-state index in [1.54, 1.807) is 0 Å². The Morgan fingerprint density at radius 3 is 2.48 bits per heavy atom. The van der Waals surface area contributed by atoms with Crippen LogP contribution in [0.25, 0.3) is 0 Å². The molecule has 0 unspecified atom stereocenters. The summed E-state index contributed by atoms with van der Waals surface area (Å²) in [5.41, 5.74) is 2.35. The van der Waals surface area contributed by atoms with Gasteiger partial charge >= 0.3 is 0 Å². The van der Waals surface area contributed by atoms with Gasteiger partial charge in [0.2, 0.25) is 0 Å². The van der Waals surface area contributed by atoms with E-state index in [0.29, 0.717) is 6.61 Å². The maximum absolute atomic E-state index is 6.61. The zero-order valence-electron chi connectivity index (χ0n) is 16.4. The molecule has 1 aliphatic carbocycles. The zero-order chi connectivity index (χ0) is 19.6. The van der Waals surface area contributed by atoms with Gasteiger partial charge in [0.15, 0.2) is 12.1 Å². The number of fused-ring (bicyclic) bond motifs is 5. The molecule has 4 saturated heterocycles. The number of hydrogen-bond acceptors (Lipinski definition) is 5. The minimum Gasteiger partial charge on any atom is -0.372 e. The van der Waals surface area contributed by atoms with Crippen molar-refractivity contribution in [3.05, 3.63) is 46.5 Å². The van der Waals surface area contributed by atoms with Crippen LogP contribution < -0.4 is 0 Å². The number of halogens is 1. The van der Waals surface area contributed by atoms with Crippen LogP contribution in [-0.2, 0) is 23.7 Å². The van der Waals surface area contributed by atoms with Gasteiger partial charge in [0.25, 0.3) is 0 Å². The molecule has 0 radical (unpaired) electrons.